The van der Waals surface area contributed by atoms with Crippen molar-refractivity contribution < 1.29 is 9.90 Å². The molecule has 0 saturated carbocycles. The number of nitrogens with zero attached hydrogens (tertiary/aromatic N) is 1. The Kier molecular flexibility index (Phi) is 2.96. The van der Waals surface area contributed by atoms with Crippen molar-refractivity contribution in [1.29, 1.82) is 0 Å². The number of rotatable bonds is 2. The predicted molar refractivity (Wildman–Crippen MR) is 51.7 cm³/mol. The van der Waals surface area contributed by atoms with E-state index in [4.69, 9.17) is 5.11 Å². The molecule has 0 aromatic carbocycles. The second kappa shape index (κ2) is 3.66. The van der Waals surface area contributed by atoms with Gasteiger partial charge >= 0.3 is 5.97 Å². The van der Waals surface area contributed by atoms with Crippen LogP contribution in [0.25, 0.3) is 0 Å². The van der Waals surface area contributed by atoms with Crippen LogP contribution in [0.4, 0.5) is 0 Å². The molecular formula is C10H19NO2. The van der Waals surface area contributed by atoms with Crippen LogP contribution < -0.4 is 0 Å². The first-order valence-electron chi connectivity index (χ1n) is 4.87. The summed E-state index contributed by atoms with van der Waals surface area (Å²) in [4.78, 5) is 12.9. The molecule has 1 rings (SSSR count). The van der Waals surface area contributed by atoms with Gasteiger partial charge in [0.15, 0.2) is 0 Å². The fourth-order valence-electron chi connectivity index (χ4n) is 1.90. The third kappa shape index (κ3) is 2.99. The van der Waals surface area contributed by atoms with Crippen LogP contribution >= 0.6 is 0 Å². The minimum Gasteiger partial charge on any atom is -0.480 e. The highest BCUT2D eigenvalue weighted by Crippen LogP contribution is 2.23. The number of carboxylic acid groups (broad SMARTS) is 1. The summed E-state index contributed by atoms with van der Waals surface area (Å²) in [5, 5.41) is 8.94. The second-order valence-corrected chi connectivity index (χ2v) is 5.03. The largest absolute Gasteiger partial charge is 0.480 e. The topological polar surface area (TPSA) is 40.5 Å². The molecule has 1 atom stereocenters. The van der Waals surface area contributed by atoms with Gasteiger partial charge in [-0.2, -0.15) is 0 Å². The Morgan fingerprint density at radius 1 is 1.54 bits per heavy atom. The molecular weight excluding hydrogens is 166 g/mol. The molecule has 0 spiro atoms. The van der Waals surface area contributed by atoms with Crippen molar-refractivity contribution in [2.45, 2.75) is 39.7 Å². The summed E-state index contributed by atoms with van der Waals surface area (Å²) in [6.07, 6.45) is 1.83. The molecule has 0 radical (unpaired) electrons. The molecule has 1 saturated heterocycles. The lowest BCUT2D eigenvalue weighted by atomic mass is 9.96. The van der Waals surface area contributed by atoms with E-state index >= 15 is 0 Å². The second-order valence-electron chi connectivity index (χ2n) is 5.03. The molecule has 76 valence electrons. The molecule has 1 aliphatic heterocycles. The van der Waals surface area contributed by atoms with E-state index in [1.807, 2.05) is 0 Å². The molecule has 0 aromatic heterocycles. The molecule has 0 aromatic rings. The van der Waals surface area contributed by atoms with Gasteiger partial charge in [0.1, 0.15) is 6.04 Å². The molecule has 0 bridgehead atoms. The SMILES string of the molecule is CC(C)(C)CN1CCCC1C(=O)O. The van der Waals surface area contributed by atoms with E-state index in [-0.39, 0.29) is 11.5 Å². The lowest BCUT2D eigenvalue weighted by Crippen LogP contribution is -2.40. The van der Waals surface area contributed by atoms with Gasteiger partial charge in [-0.05, 0) is 24.8 Å². The zero-order chi connectivity index (χ0) is 10.1. The van der Waals surface area contributed by atoms with Crippen molar-refractivity contribution in [1.82, 2.24) is 4.90 Å². The molecule has 1 heterocycles. The number of hydrogen-bond donors (Lipinski definition) is 1. The number of carboxylic acids is 1. The van der Waals surface area contributed by atoms with Crippen LogP contribution in [0.2, 0.25) is 0 Å². The lowest BCUT2D eigenvalue weighted by molar-refractivity contribution is -0.142. The van der Waals surface area contributed by atoms with Gasteiger partial charge in [0.25, 0.3) is 0 Å². The van der Waals surface area contributed by atoms with Crippen molar-refractivity contribution in [3.63, 3.8) is 0 Å². The van der Waals surface area contributed by atoms with Crippen LogP contribution in [0.3, 0.4) is 0 Å². The number of carbonyl (C=O) groups is 1. The third-order valence-corrected chi connectivity index (χ3v) is 2.33. The Labute approximate surface area is 79.7 Å². The number of aliphatic carboxylic acids is 1. The quantitative estimate of drug-likeness (QED) is 0.710. The first kappa shape index (κ1) is 10.5. The minimum atomic E-state index is -0.665. The van der Waals surface area contributed by atoms with Gasteiger partial charge in [-0.1, -0.05) is 20.8 Å². The van der Waals surface area contributed by atoms with Gasteiger partial charge in [-0.3, -0.25) is 9.69 Å². The average Bonchev–Trinajstić information content (AvgIpc) is 2.31. The van der Waals surface area contributed by atoms with E-state index in [0.717, 1.165) is 25.9 Å². The van der Waals surface area contributed by atoms with Gasteiger partial charge in [0.2, 0.25) is 0 Å². The molecule has 1 fully saturated rings. The zero-order valence-corrected chi connectivity index (χ0v) is 8.71. The maximum Gasteiger partial charge on any atom is 0.320 e. The number of likely N-dealkylation sites (tertiary alicyclic amines) is 1. The van der Waals surface area contributed by atoms with E-state index in [9.17, 15) is 4.79 Å². The smallest absolute Gasteiger partial charge is 0.320 e. The maximum absolute atomic E-state index is 10.9. The van der Waals surface area contributed by atoms with Crippen LogP contribution in [0.1, 0.15) is 33.6 Å². The van der Waals surface area contributed by atoms with Crippen molar-refractivity contribution in [2.75, 3.05) is 13.1 Å². The van der Waals surface area contributed by atoms with Gasteiger partial charge in [-0.15, -0.1) is 0 Å². The Bertz CT molecular complexity index is 196. The first-order valence-corrected chi connectivity index (χ1v) is 4.87. The summed E-state index contributed by atoms with van der Waals surface area (Å²) in [5.74, 6) is -0.665. The monoisotopic (exact) mass is 185 g/mol. The Morgan fingerprint density at radius 3 is 2.62 bits per heavy atom. The highest BCUT2D eigenvalue weighted by atomic mass is 16.4. The van der Waals surface area contributed by atoms with Crippen molar-refractivity contribution in [2.24, 2.45) is 5.41 Å². The van der Waals surface area contributed by atoms with Crippen LogP contribution in [0.5, 0.6) is 0 Å². The normalized spacial score (nSPS) is 25.0. The number of hydrogen-bond acceptors (Lipinski definition) is 2. The van der Waals surface area contributed by atoms with Crippen LogP contribution in [-0.2, 0) is 4.79 Å². The van der Waals surface area contributed by atoms with Gasteiger partial charge < -0.3 is 5.11 Å². The summed E-state index contributed by atoms with van der Waals surface area (Å²) in [7, 11) is 0. The molecule has 13 heavy (non-hydrogen) atoms. The highest BCUT2D eigenvalue weighted by Gasteiger charge is 2.32. The van der Waals surface area contributed by atoms with Gasteiger partial charge in [0, 0.05) is 6.54 Å². The summed E-state index contributed by atoms with van der Waals surface area (Å²) < 4.78 is 0. The molecule has 1 N–H and O–H groups in total. The Morgan fingerprint density at radius 2 is 2.15 bits per heavy atom. The van der Waals surface area contributed by atoms with E-state index in [1.165, 1.54) is 0 Å². The average molecular weight is 185 g/mol. The highest BCUT2D eigenvalue weighted by molar-refractivity contribution is 5.73. The van der Waals surface area contributed by atoms with Crippen LogP contribution in [0.15, 0.2) is 0 Å². The molecule has 3 heteroatoms. The molecule has 1 aliphatic rings. The Balaban J connectivity index is 2.54. The molecule has 0 aliphatic carbocycles. The summed E-state index contributed by atoms with van der Waals surface area (Å²) >= 11 is 0. The molecule has 1 unspecified atom stereocenters. The van der Waals surface area contributed by atoms with E-state index in [0.29, 0.717) is 0 Å². The van der Waals surface area contributed by atoms with Gasteiger partial charge in [-0.25, -0.2) is 0 Å². The standard InChI is InChI=1S/C10H19NO2/c1-10(2,3)7-11-6-4-5-8(11)9(12)13/h8H,4-7H2,1-3H3,(H,12,13). The van der Waals surface area contributed by atoms with Crippen molar-refractivity contribution in [3.05, 3.63) is 0 Å². The summed E-state index contributed by atoms with van der Waals surface area (Å²) in [5.41, 5.74) is 0.192. The molecule has 0 amide bonds. The molecule has 3 nitrogen and oxygen atoms in total. The first-order chi connectivity index (χ1) is 5.90. The fourth-order valence-corrected chi connectivity index (χ4v) is 1.90. The van der Waals surface area contributed by atoms with Crippen LogP contribution in [0, 0.1) is 5.41 Å². The Hall–Kier alpha value is -0.570. The summed E-state index contributed by atoms with van der Waals surface area (Å²) in [6.45, 7) is 8.25. The van der Waals surface area contributed by atoms with Crippen molar-refractivity contribution in [3.8, 4) is 0 Å². The van der Waals surface area contributed by atoms with E-state index in [2.05, 4.69) is 25.7 Å². The van der Waals surface area contributed by atoms with Crippen LogP contribution in [-0.4, -0.2) is 35.1 Å². The van der Waals surface area contributed by atoms with E-state index in [1.54, 1.807) is 0 Å². The van der Waals surface area contributed by atoms with Crippen molar-refractivity contribution >= 4 is 5.97 Å². The lowest BCUT2D eigenvalue weighted by Gasteiger charge is -2.29. The summed E-state index contributed by atoms with van der Waals surface area (Å²) in [6, 6.07) is -0.237. The predicted octanol–water partition coefficient (Wildman–Crippen LogP) is 1.58. The zero-order valence-electron chi connectivity index (χ0n) is 8.71. The van der Waals surface area contributed by atoms with Gasteiger partial charge in [0.05, 0.1) is 0 Å². The van der Waals surface area contributed by atoms with E-state index < -0.39 is 5.97 Å². The maximum atomic E-state index is 10.9. The minimum absolute atomic E-state index is 0.192. The third-order valence-electron chi connectivity index (χ3n) is 2.33. The fraction of sp³-hybridized carbons (Fsp3) is 0.900.